The maximum absolute atomic E-state index is 12.4. The van der Waals surface area contributed by atoms with Crippen molar-refractivity contribution >= 4 is 17.5 Å². The second-order valence-electron chi connectivity index (χ2n) is 8.09. The molecule has 0 spiro atoms. The third kappa shape index (κ3) is 5.56. The molecular formula is C20H31N3O2. The molecule has 1 fully saturated rings. The molecule has 5 nitrogen and oxygen atoms in total. The van der Waals surface area contributed by atoms with E-state index in [1.807, 2.05) is 52.8 Å². The first-order chi connectivity index (χ1) is 11.7. The number of aryl methyl sites for hydroxylation is 2. The van der Waals surface area contributed by atoms with Gasteiger partial charge in [0, 0.05) is 30.2 Å². The Morgan fingerprint density at radius 1 is 1.12 bits per heavy atom. The fraction of sp³-hybridized carbons (Fsp3) is 0.600. The van der Waals surface area contributed by atoms with Crippen LogP contribution in [0.15, 0.2) is 18.2 Å². The molecule has 1 aliphatic rings. The molecule has 0 unspecified atom stereocenters. The second-order valence-corrected chi connectivity index (χ2v) is 8.09. The third-order valence-electron chi connectivity index (χ3n) is 4.72. The minimum atomic E-state index is -0.359. The highest BCUT2D eigenvalue weighted by Crippen LogP contribution is 2.20. The Morgan fingerprint density at radius 3 is 2.20 bits per heavy atom. The summed E-state index contributed by atoms with van der Waals surface area (Å²) in [7, 11) is 0. The van der Waals surface area contributed by atoms with Crippen LogP contribution >= 0.6 is 0 Å². The quantitative estimate of drug-likeness (QED) is 0.882. The number of piperidine rings is 1. The number of anilines is 1. The molecule has 1 saturated heterocycles. The summed E-state index contributed by atoms with van der Waals surface area (Å²) in [4.78, 5) is 26.6. The van der Waals surface area contributed by atoms with Gasteiger partial charge in [0.25, 0.3) is 0 Å². The molecule has 1 aliphatic heterocycles. The minimum absolute atomic E-state index is 0.0228. The van der Waals surface area contributed by atoms with Crippen molar-refractivity contribution in [2.24, 2.45) is 5.41 Å². The Balaban J connectivity index is 1.80. The SMILES string of the molecule is Cc1cccc(C)c1NC(=O)CN1CCC(NC(=O)C(C)(C)C)CC1. The van der Waals surface area contributed by atoms with Crippen LogP contribution in [0.25, 0.3) is 0 Å². The molecule has 0 aliphatic carbocycles. The number of para-hydroxylation sites is 1. The molecule has 1 aromatic carbocycles. The van der Waals surface area contributed by atoms with Crippen LogP contribution in [0.5, 0.6) is 0 Å². The van der Waals surface area contributed by atoms with Crippen molar-refractivity contribution in [3.05, 3.63) is 29.3 Å². The Labute approximate surface area is 151 Å². The van der Waals surface area contributed by atoms with Crippen LogP contribution in [0.4, 0.5) is 5.69 Å². The molecular weight excluding hydrogens is 314 g/mol. The largest absolute Gasteiger partial charge is 0.353 e. The molecule has 0 atom stereocenters. The van der Waals surface area contributed by atoms with E-state index >= 15 is 0 Å². The lowest BCUT2D eigenvalue weighted by Crippen LogP contribution is -2.48. The lowest BCUT2D eigenvalue weighted by molar-refractivity contribution is -0.129. The molecule has 5 heteroatoms. The fourth-order valence-electron chi connectivity index (χ4n) is 3.03. The van der Waals surface area contributed by atoms with Gasteiger partial charge in [-0.25, -0.2) is 0 Å². The molecule has 1 heterocycles. The Kier molecular flexibility index (Phi) is 6.22. The molecule has 25 heavy (non-hydrogen) atoms. The molecule has 0 aromatic heterocycles. The van der Waals surface area contributed by atoms with E-state index in [0.29, 0.717) is 6.54 Å². The number of nitrogens with zero attached hydrogens (tertiary/aromatic N) is 1. The highest BCUT2D eigenvalue weighted by atomic mass is 16.2. The minimum Gasteiger partial charge on any atom is -0.353 e. The Hall–Kier alpha value is -1.88. The number of amides is 2. The first-order valence-electron chi connectivity index (χ1n) is 9.06. The molecule has 0 radical (unpaired) electrons. The van der Waals surface area contributed by atoms with Crippen LogP contribution in [0.1, 0.15) is 44.7 Å². The summed E-state index contributed by atoms with van der Waals surface area (Å²) in [5, 5.41) is 6.16. The summed E-state index contributed by atoms with van der Waals surface area (Å²) in [5.41, 5.74) is 2.72. The standard InChI is InChI=1S/C20H31N3O2/c1-14-7-6-8-15(2)18(14)22-17(24)13-23-11-9-16(10-12-23)21-19(25)20(3,4)5/h6-8,16H,9-13H2,1-5H3,(H,21,25)(H,22,24). The second kappa shape index (κ2) is 8.00. The highest BCUT2D eigenvalue weighted by molar-refractivity contribution is 5.93. The number of hydrogen-bond donors (Lipinski definition) is 2. The van der Waals surface area contributed by atoms with E-state index in [9.17, 15) is 9.59 Å². The van der Waals surface area contributed by atoms with Gasteiger partial charge in [-0.05, 0) is 37.8 Å². The van der Waals surface area contributed by atoms with Crippen LogP contribution in [-0.4, -0.2) is 42.4 Å². The van der Waals surface area contributed by atoms with Gasteiger partial charge in [-0.2, -0.15) is 0 Å². The van der Waals surface area contributed by atoms with E-state index in [1.54, 1.807) is 0 Å². The lowest BCUT2D eigenvalue weighted by Gasteiger charge is -2.33. The molecule has 2 amide bonds. The zero-order chi connectivity index (χ0) is 18.6. The number of benzene rings is 1. The maximum Gasteiger partial charge on any atom is 0.238 e. The smallest absolute Gasteiger partial charge is 0.238 e. The van der Waals surface area contributed by atoms with Crippen molar-refractivity contribution < 1.29 is 9.59 Å². The summed E-state index contributed by atoms with van der Waals surface area (Å²) >= 11 is 0. The van der Waals surface area contributed by atoms with Gasteiger partial charge in [0.1, 0.15) is 0 Å². The van der Waals surface area contributed by atoms with Gasteiger partial charge in [-0.3, -0.25) is 14.5 Å². The summed E-state index contributed by atoms with van der Waals surface area (Å²) < 4.78 is 0. The monoisotopic (exact) mass is 345 g/mol. The third-order valence-corrected chi connectivity index (χ3v) is 4.72. The van der Waals surface area contributed by atoms with Crippen molar-refractivity contribution in [3.63, 3.8) is 0 Å². The highest BCUT2D eigenvalue weighted by Gasteiger charge is 2.27. The van der Waals surface area contributed by atoms with Gasteiger partial charge >= 0.3 is 0 Å². The van der Waals surface area contributed by atoms with Crippen LogP contribution in [0.2, 0.25) is 0 Å². The predicted octanol–water partition coefficient (Wildman–Crippen LogP) is 2.87. The maximum atomic E-state index is 12.4. The topological polar surface area (TPSA) is 61.4 Å². The first kappa shape index (κ1) is 19.4. The van der Waals surface area contributed by atoms with Crippen LogP contribution in [0.3, 0.4) is 0 Å². The van der Waals surface area contributed by atoms with Crippen LogP contribution in [-0.2, 0) is 9.59 Å². The van der Waals surface area contributed by atoms with Crippen LogP contribution < -0.4 is 10.6 Å². The van der Waals surface area contributed by atoms with E-state index in [2.05, 4.69) is 15.5 Å². The number of likely N-dealkylation sites (tertiary alicyclic amines) is 1. The summed E-state index contributed by atoms with van der Waals surface area (Å²) in [6, 6.07) is 6.22. The van der Waals surface area contributed by atoms with Crippen molar-refractivity contribution in [3.8, 4) is 0 Å². The molecule has 0 saturated carbocycles. The average Bonchev–Trinajstić information content (AvgIpc) is 2.52. The number of carbonyl (C=O) groups excluding carboxylic acids is 2. The molecule has 1 aromatic rings. The Bertz CT molecular complexity index is 606. The van der Waals surface area contributed by atoms with E-state index in [4.69, 9.17) is 0 Å². The summed E-state index contributed by atoms with van der Waals surface area (Å²) in [5.74, 6) is 0.119. The van der Waals surface area contributed by atoms with Gasteiger partial charge in [0.2, 0.25) is 11.8 Å². The van der Waals surface area contributed by atoms with Crippen molar-refractivity contribution in [1.29, 1.82) is 0 Å². The van der Waals surface area contributed by atoms with Gasteiger partial charge in [0.15, 0.2) is 0 Å². The van der Waals surface area contributed by atoms with Gasteiger partial charge in [0.05, 0.1) is 6.54 Å². The van der Waals surface area contributed by atoms with Crippen molar-refractivity contribution in [2.45, 2.75) is 53.5 Å². The fourth-order valence-corrected chi connectivity index (χ4v) is 3.03. The molecule has 0 bridgehead atoms. The van der Waals surface area contributed by atoms with Crippen molar-refractivity contribution in [2.75, 3.05) is 25.0 Å². The zero-order valence-corrected chi connectivity index (χ0v) is 16.1. The normalized spacial score (nSPS) is 16.5. The zero-order valence-electron chi connectivity index (χ0n) is 16.1. The molecule has 2 N–H and O–H groups in total. The molecule has 138 valence electrons. The number of rotatable bonds is 4. The Morgan fingerprint density at radius 2 is 1.68 bits per heavy atom. The van der Waals surface area contributed by atoms with E-state index in [-0.39, 0.29) is 23.3 Å². The van der Waals surface area contributed by atoms with Gasteiger partial charge in [-0.15, -0.1) is 0 Å². The molecule has 2 rings (SSSR count). The van der Waals surface area contributed by atoms with Crippen molar-refractivity contribution in [1.82, 2.24) is 10.2 Å². The van der Waals surface area contributed by atoms with Gasteiger partial charge < -0.3 is 10.6 Å². The lowest BCUT2D eigenvalue weighted by atomic mass is 9.94. The van der Waals surface area contributed by atoms with E-state index in [0.717, 1.165) is 42.7 Å². The summed E-state index contributed by atoms with van der Waals surface area (Å²) in [6.45, 7) is 11.8. The average molecular weight is 345 g/mol. The summed E-state index contributed by atoms with van der Waals surface area (Å²) in [6.07, 6.45) is 1.77. The number of carbonyl (C=O) groups is 2. The van der Waals surface area contributed by atoms with Gasteiger partial charge in [-0.1, -0.05) is 39.0 Å². The predicted molar refractivity (Wildman–Crippen MR) is 102 cm³/mol. The van der Waals surface area contributed by atoms with Crippen LogP contribution in [0, 0.1) is 19.3 Å². The number of nitrogens with one attached hydrogen (secondary N) is 2. The van der Waals surface area contributed by atoms with E-state index < -0.39 is 0 Å². The first-order valence-corrected chi connectivity index (χ1v) is 9.06. The number of hydrogen-bond acceptors (Lipinski definition) is 3. The van der Waals surface area contributed by atoms with E-state index in [1.165, 1.54) is 0 Å².